The van der Waals surface area contributed by atoms with E-state index in [9.17, 15) is 4.79 Å². The van der Waals surface area contributed by atoms with Gasteiger partial charge in [-0.1, -0.05) is 30.7 Å². The summed E-state index contributed by atoms with van der Waals surface area (Å²) in [7, 11) is 0. The van der Waals surface area contributed by atoms with Crippen molar-refractivity contribution in [3.63, 3.8) is 0 Å². The summed E-state index contributed by atoms with van der Waals surface area (Å²) in [5, 5.41) is 14.9. The first-order valence-corrected chi connectivity index (χ1v) is 6.45. The molecule has 0 saturated heterocycles. The average molecular weight is 271 g/mol. The van der Waals surface area contributed by atoms with E-state index in [1.54, 1.807) is 6.07 Å². The number of hydrogen-bond donors (Lipinski definition) is 3. The Hall–Kier alpha value is -1.26. The third kappa shape index (κ3) is 4.94. The molecule has 0 saturated carbocycles. The van der Waals surface area contributed by atoms with Crippen molar-refractivity contribution in [1.29, 1.82) is 0 Å². The molecule has 1 atom stereocenters. The Labute approximate surface area is 112 Å². The van der Waals surface area contributed by atoms with Crippen LogP contribution >= 0.6 is 11.6 Å². The standard InChI is InChI=1S/C13H19ClN2O2/c1-2-12(10-5-3-6-11(14)9-10)16-13(18)15-7-4-8-17/h3,5-6,9,12,17H,2,4,7-8H2,1H3,(H2,15,16,18). The van der Waals surface area contributed by atoms with E-state index in [0.29, 0.717) is 18.0 Å². The largest absolute Gasteiger partial charge is 0.396 e. The zero-order valence-electron chi connectivity index (χ0n) is 10.4. The maximum absolute atomic E-state index is 11.6. The quantitative estimate of drug-likeness (QED) is 0.696. The Balaban J connectivity index is 2.54. The van der Waals surface area contributed by atoms with Gasteiger partial charge in [0.2, 0.25) is 0 Å². The number of carbonyl (C=O) groups excluding carboxylic acids is 1. The van der Waals surface area contributed by atoms with Crippen molar-refractivity contribution in [2.24, 2.45) is 0 Å². The predicted molar refractivity (Wildman–Crippen MR) is 72.7 cm³/mol. The van der Waals surface area contributed by atoms with Gasteiger partial charge in [-0.15, -0.1) is 0 Å². The lowest BCUT2D eigenvalue weighted by atomic mass is 10.1. The first kappa shape index (κ1) is 14.8. The molecular weight excluding hydrogens is 252 g/mol. The highest BCUT2D eigenvalue weighted by atomic mass is 35.5. The molecule has 4 nitrogen and oxygen atoms in total. The number of hydrogen-bond acceptors (Lipinski definition) is 2. The van der Waals surface area contributed by atoms with Gasteiger partial charge in [0, 0.05) is 18.2 Å². The lowest BCUT2D eigenvalue weighted by Gasteiger charge is -2.18. The van der Waals surface area contributed by atoms with E-state index in [0.717, 1.165) is 12.0 Å². The second kappa shape index (κ2) is 7.95. The molecule has 0 aliphatic carbocycles. The third-order valence-electron chi connectivity index (χ3n) is 2.59. The zero-order chi connectivity index (χ0) is 13.4. The number of aliphatic hydroxyl groups is 1. The summed E-state index contributed by atoms with van der Waals surface area (Å²) in [4.78, 5) is 11.6. The molecule has 1 unspecified atom stereocenters. The molecule has 3 N–H and O–H groups in total. The van der Waals surface area contributed by atoms with Crippen LogP contribution in [0.4, 0.5) is 4.79 Å². The van der Waals surface area contributed by atoms with Gasteiger partial charge in [-0.05, 0) is 30.5 Å². The van der Waals surface area contributed by atoms with E-state index >= 15 is 0 Å². The van der Waals surface area contributed by atoms with E-state index in [1.807, 2.05) is 25.1 Å². The average Bonchev–Trinajstić information content (AvgIpc) is 2.36. The Morgan fingerprint density at radius 2 is 2.28 bits per heavy atom. The maximum Gasteiger partial charge on any atom is 0.315 e. The molecule has 0 radical (unpaired) electrons. The van der Waals surface area contributed by atoms with Crippen molar-refractivity contribution < 1.29 is 9.90 Å². The van der Waals surface area contributed by atoms with E-state index < -0.39 is 0 Å². The Morgan fingerprint density at radius 3 is 2.89 bits per heavy atom. The van der Waals surface area contributed by atoms with Gasteiger partial charge < -0.3 is 15.7 Å². The lowest BCUT2D eigenvalue weighted by Crippen LogP contribution is -2.38. The first-order valence-electron chi connectivity index (χ1n) is 6.08. The molecule has 0 fully saturated rings. The zero-order valence-corrected chi connectivity index (χ0v) is 11.2. The van der Waals surface area contributed by atoms with Crippen LogP contribution in [0.3, 0.4) is 0 Å². The van der Waals surface area contributed by atoms with Gasteiger partial charge in [0.1, 0.15) is 0 Å². The lowest BCUT2D eigenvalue weighted by molar-refractivity contribution is 0.234. The minimum absolute atomic E-state index is 0.0576. The molecule has 1 aromatic carbocycles. The van der Waals surface area contributed by atoms with E-state index in [-0.39, 0.29) is 18.7 Å². The predicted octanol–water partition coefficient (Wildman–Crippen LogP) is 2.47. The van der Waals surface area contributed by atoms with Gasteiger partial charge in [0.15, 0.2) is 0 Å². The Morgan fingerprint density at radius 1 is 1.50 bits per heavy atom. The highest BCUT2D eigenvalue weighted by Crippen LogP contribution is 2.20. The molecule has 0 bridgehead atoms. The van der Waals surface area contributed by atoms with E-state index in [1.165, 1.54) is 0 Å². The van der Waals surface area contributed by atoms with Crippen LogP contribution in [0.25, 0.3) is 0 Å². The fourth-order valence-corrected chi connectivity index (χ4v) is 1.83. The molecule has 0 spiro atoms. The summed E-state index contributed by atoms with van der Waals surface area (Å²) in [6.45, 7) is 2.54. The van der Waals surface area contributed by atoms with Gasteiger partial charge in [0.05, 0.1) is 6.04 Å². The molecule has 18 heavy (non-hydrogen) atoms. The van der Waals surface area contributed by atoms with Gasteiger partial charge in [-0.3, -0.25) is 0 Å². The molecule has 2 amide bonds. The molecule has 0 aliphatic rings. The fourth-order valence-electron chi connectivity index (χ4n) is 1.63. The van der Waals surface area contributed by atoms with Crippen molar-refractivity contribution in [3.8, 4) is 0 Å². The second-order valence-corrected chi connectivity index (χ2v) is 4.43. The van der Waals surface area contributed by atoms with Crippen molar-refractivity contribution >= 4 is 17.6 Å². The minimum atomic E-state index is -0.227. The van der Waals surface area contributed by atoms with Crippen LogP contribution in [0.15, 0.2) is 24.3 Å². The summed E-state index contributed by atoms with van der Waals surface area (Å²) in [5.74, 6) is 0. The molecule has 100 valence electrons. The van der Waals surface area contributed by atoms with Crippen molar-refractivity contribution in [2.75, 3.05) is 13.2 Å². The molecular formula is C13H19ClN2O2. The Bertz CT molecular complexity index is 385. The van der Waals surface area contributed by atoms with Crippen LogP contribution in [-0.2, 0) is 0 Å². The van der Waals surface area contributed by atoms with Gasteiger partial charge in [-0.25, -0.2) is 4.79 Å². The molecule has 0 aromatic heterocycles. The number of urea groups is 1. The summed E-state index contributed by atoms with van der Waals surface area (Å²) in [6, 6.07) is 7.18. The van der Waals surface area contributed by atoms with E-state index in [2.05, 4.69) is 10.6 Å². The summed E-state index contributed by atoms with van der Waals surface area (Å²) < 4.78 is 0. The molecule has 1 rings (SSSR count). The SMILES string of the molecule is CCC(NC(=O)NCCCO)c1cccc(Cl)c1. The number of rotatable bonds is 6. The maximum atomic E-state index is 11.6. The van der Waals surface area contributed by atoms with Crippen molar-refractivity contribution in [1.82, 2.24) is 10.6 Å². The summed E-state index contributed by atoms with van der Waals surface area (Å²) in [6.07, 6.45) is 1.34. The van der Waals surface area contributed by atoms with Crippen LogP contribution in [0.5, 0.6) is 0 Å². The van der Waals surface area contributed by atoms with Gasteiger partial charge >= 0.3 is 6.03 Å². The van der Waals surface area contributed by atoms with Gasteiger partial charge in [-0.2, -0.15) is 0 Å². The monoisotopic (exact) mass is 270 g/mol. The van der Waals surface area contributed by atoms with E-state index in [4.69, 9.17) is 16.7 Å². The van der Waals surface area contributed by atoms with Crippen LogP contribution < -0.4 is 10.6 Å². The number of aliphatic hydroxyl groups excluding tert-OH is 1. The smallest absolute Gasteiger partial charge is 0.315 e. The summed E-state index contributed by atoms with van der Waals surface area (Å²) in [5.41, 5.74) is 0.988. The van der Waals surface area contributed by atoms with Crippen LogP contribution in [0.2, 0.25) is 5.02 Å². The highest BCUT2D eigenvalue weighted by Gasteiger charge is 2.12. The van der Waals surface area contributed by atoms with Gasteiger partial charge in [0.25, 0.3) is 0 Å². The topological polar surface area (TPSA) is 61.4 Å². The minimum Gasteiger partial charge on any atom is -0.396 e. The number of halogens is 1. The van der Waals surface area contributed by atoms with Crippen LogP contribution in [0.1, 0.15) is 31.4 Å². The number of carbonyl (C=O) groups is 1. The van der Waals surface area contributed by atoms with Crippen molar-refractivity contribution in [2.45, 2.75) is 25.8 Å². The highest BCUT2D eigenvalue weighted by molar-refractivity contribution is 6.30. The van der Waals surface area contributed by atoms with Crippen molar-refractivity contribution in [3.05, 3.63) is 34.9 Å². The summed E-state index contributed by atoms with van der Waals surface area (Å²) >= 11 is 5.93. The van der Waals surface area contributed by atoms with Crippen LogP contribution in [-0.4, -0.2) is 24.3 Å². The first-order chi connectivity index (χ1) is 8.67. The van der Waals surface area contributed by atoms with Crippen LogP contribution in [0, 0.1) is 0 Å². The third-order valence-corrected chi connectivity index (χ3v) is 2.82. The Kier molecular flexibility index (Phi) is 6.54. The molecule has 0 heterocycles. The number of benzene rings is 1. The number of amides is 2. The molecule has 5 heteroatoms. The molecule has 1 aromatic rings. The fraction of sp³-hybridized carbons (Fsp3) is 0.462. The molecule has 0 aliphatic heterocycles. The normalized spacial score (nSPS) is 11.9. The second-order valence-electron chi connectivity index (χ2n) is 3.99. The number of nitrogens with one attached hydrogen (secondary N) is 2.